The van der Waals surface area contributed by atoms with Crippen LogP contribution in [0.2, 0.25) is 0 Å². The number of hydrogen-bond donors (Lipinski definition) is 1. The first-order valence-electron chi connectivity index (χ1n) is 7.57. The van der Waals surface area contributed by atoms with Crippen molar-refractivity contribution in [2.75, 3.05) is 20.7 Å². The summed E-state index contributed by atoms with van der Waals surface area (Å²) in [6.45, 7) is 2.23. The molecule has 0 saturated heterocycles. The molecule has 0 fully saturated rings. The van der Waals surface area contributed by atoms with Gasteiger partial charge in [0, 0.05) is 22.6 Å². The van der Waals surface area contributed by atoms with Crippen molar-refractivity contribution in [3.05, 3.63) is 35.0 Å². The number of rotatable bonds is 3. The zero-order valence-electron chi connectivity index (χ0n) is 12.9. The Kier molecular flexibility index (Phi) is 3.72. The van der Waals surface area contributed by atoms with Crippen molar-refractivity contribution in [2.45, 2.75) is 32.2 Å². The molecule has 21 heavy (non-hydrogen) atoms. The number of carbonyl (C=O) groups is 1. The van der Waals surface area contributed by atoms with E-state index in [1.807, 2.05) is 19.1 Å². The molecule has 3 rings (SSSR count). The van der Waals surface area contributed by atoms with Crippen molar-refractivity contribution in [2.24, 2.45) is 0 Å². The molecule has 1 aliphatic carbocycles. The van der Waals surface area contributed by atoms with Crippen molar-refractivity contribution in [3.8, 4) is 0 Å². The van der Waals surface area contributed by atoms with Crippen molar-refractivity contribution in [1.82, 2.24) is 9.88 Å². The zero-order valence-corrected chi connectivity index (χ0v) is 12.9. The average molecular weight is 286 g/mol. The Morgan fingerprint density at radius 3 is 2.95 bits per heavy atom. The van der Waals surface area contributed by atoms with E-state index >= 15 is 0 Å². The number of H-pyrrole nitrogens is 1. The van der Waals surface area contributed by atoms with Crippen LogP contribution in [0.4, 0.5) is 0 Å². The van der Waals surface area contributed by atoms with Gasteiger partial charge in [-0.1, -0.05) is 6.07 Å². The van der Waals surface area contributed by atoms with Crippen LogP contribution in [-0.4, -0.2) is 42.6 Å². The Bertz CT molecular complexity index is 673. The molecule has 1 aromatic carbocycles. The summed E-state index contributed by atoms with van der Waals surface area (Å²) in [5.74, 6) is -0.252. The van der Waals surface area contributed by atoms with E-state index in [0.717, 1.165) is 18.4 Å². The number of esters is 1. The molecule has 0 aliphatic heterocycles. The molecule has 0 spiro atoms. The number of aryl methyl sites for hydroxylation is 1. The predicted octanol–water partition coefficient (Wildman–Crippen LogP) is 2.76. The largest absolute Gasteiger partial charge is 0.462 e. The topological polar surface area (TPSA) is 45.3 Å². The number of nitrogens with zero attached hydrogens (tertiary/aromatic N) is 1. The zero-order chi connectivity index (χ0) is 15.0. The fraction of sp³-hybridized carbons (Fsp3) is 0.471. The normalized spacial score (nSPS) is 18.0. The summed E-state index contributed by atoms with van der Waals surface area (Å²) in [7, 11) is 4.28. The predicted molar refractivity (Wildman–Crippen MR) is 83.8 cm³/mol. The lowest BCUT2D eigenvalue weighted by molar-refractivity contribution is 0.0526. The van der Waals surface area contributed by atoms with Crippen LogP contribution < -0.4 is 0 Å². The first kappa shape index (κ1) is 14.1. The quantitative estimate of drug-likeness (QED) is 0.882. The van der Waals surface area contributed by atoms with Gasteiger partial charge >= 0.3 is 5.97 Å². The summed E-state index contributed by atoms with van der Waals surface area (Å²) in [5.41, 5.74) is 4.39. The van der Waals surface area contributed by atoms with Crippen LogP contribution in [0.15, 0.2) is 18.2 Å². The number of nitrogens with one attached hydrogen (secondary N) is 1. The number of likely N-dealkylation sites (N-methyl/N-ethyl adjacent to an activating group) is 1. The van der Waals surface area contributed by atoms with Crippen LogP contribution in [0.5, 0.6) is 0 Å². The molecule has 0 radical (unpaired) electrons. The van der Waals surface area contributed by atoms with Gasteiger partial charge in [0.1, 0.15) is 0 Å². The number of fused-ring (bicyclic) bond motifs is 3. The van der Waals surface area contributed by atoms with Gasteiger partial charge in [-0.05, 0) is 58.0 Å². The summed E-state index contributed by atoms with van der Waals surface area (Å²) < 4.78 is 5.07. The Hall–Kier alpha value is -1.81. The van der Waals surface area contributed by atoms with Crippen LogP contribution >= 0.6 is 0 Å². The van der Waals surface area contributed by atoms with Crippen LogP contribution in [0.1, 0.15) is 35.0 Å². The van der Waals surface area contributed by atoms with E-state index in [4.69, 9.17) is 4.74 Å². The van der Waals surface area contributed by atoms with E-state index in [1.54, 1.807) is 0 Å². The van der Waals surface area contributed by atoms with Crippen molar-refractivity contribution in [1.29, 1.82) is 0 Å². The Morgan fingerprint density at radius 1 is 1.43 bits per heavy atom. The summed E-state index contributed by atoms with van der Waals surface area (Å²) >= 11 is 0. The fourth-order valence-corrected chi connectivity index (χ4v) is 3.19. The van der Waals surface area contributed by atoms with Crippen molar-refractivity contribution >= 4 is 16.9 Å². The molecular weight excluding hydrogens is 264 g/mol. The molecule has 0 saturated carbocycles. The highest BCUT2D eigenvalue weighted by Crippen LogP contribution is 2.31. The number of aromatic nitrogens is 1. The molecule has 4 heteroatoms. The minimum absolute atomic E-state index is 0.252. The van der Waals surface area contributed by atoms with Gasteiger partial charge in [0.05, 0.1) is 12.2 Å². The van der Waals surface area contributed by atoms with Crippen LogP contribution in [0, 0.1) is 0 Å². The van der Waals surface area contributed by atoms with Gasteiger partial charge < -0.3 is 14.6 Å². The second-order valence-electron chi connectivity index (χ2n) is 5.92. The van der Waals surface area contributed by atoms with E-state index in [-0.39, 0.29) is 5.97 Å². The molecule has 1 atom stereocenters. The van der Waals surface area contributed by atoms with Gasteiger partial charge in [-0.15, -0.1) is 0 Å². The lowest BCUT2D eigenvalue weighted by Crippen LogP contribution is -2.33. The second kappa shape index (κ2) is 5.53. The smallest absolute Gasteiger partial charge is 0.338 e. The number of hydrogen-bond acceptors (Lipinski definition) is 3. The first-order valence-corrected chi connectivity index (χ1v) is 7.57. The molecule has 0 bridgehead atoms. The van der Waals surface area contributed by atoms with Gasteiger partial charge in [0.2, 0.25) is 0 Å². The molecule has 1 unspecified atom stereocenters. The van der Waals surface area contributed by atoms with E-state index in [0.29, 0.717) is 18.2 Å². The molecular formula is C17H22N2O2. The second-order valence-corrected chi connectivity index (χ2v) is 5.92. The third kappa shape index (κ3) is 2.56. The molecule has 112 valence electrons. The Labute approximate surface area is 125 Å². The number of carbonyl (C=O) groups excluding carboxylic acids is 1. The van der Waals surface area contributed by atoms with Gasteiger partial charge in [-0.25, -0.2) is 4.79 Å². The minimum Gasteiger partial charge on any atom is -0.462 e. The van der Waals surface area contributed by atoms with E-state index in [9.17, 15) is 4.79 Å². The summed E-state index contributed by atoms with van der Waals surface area (Å²) in [5, 5.41) is 1.24. The average Bonchev–Trinajstić information content (AvgIpc) is 2.84. The van der Waals surface area contributed by atoms with Gasteiger partial charge in [-0.2, -0.15) is 0 Å². The molecule has 1 aromatic heterocycles. The minimum atomic E-state index is -0.252. The number of aromatic amines is 1. The lowest BCUT2D eigenvalue weighted by Gasteiger charge is -2.28. The maximum Gasteiger partial charge on any atom is 0.338 e. The lowest BCUT2D eigenvalue weighted by atomic mass is 9.91. The standard InChI is InChI=1S/C17H22N2O2/c1-4-21-17(20)11-5-7-13-14-10-12(19(2)3)6-8-15(14)18-16(13)9-11/h5,7,9,12,18H,4,6,8,10H2,1-3H3. The molecule has 1 aliphatic rings. The fourth-order valence-electron chi connectivity index (χ4n) is 3.19. The van der Waals surface area contributed by atoms with Gasteiger partial charge in [0.25, 0.3) is 0 Å². The van der Waals surface area contributed by atoms with Gasteiger partial charge in [0.15, 0.2) is 0 Å². The first-order chi connectivity index (χ1) is 10.1. The van der Waals surface area contributed by atoms with Crippen LogP contribution in [0.3, 0.4) is 0 Å². The third-order valence-electron chi connectivity index (χ3n) is 4.40. The summed E-state index contributed by atoms with van der Waals surface area (Å²) in [6, 6.07) is 6.43. The molecule has 2 aromatic rings. The summed E-state index contributed by atoms with van der Waals surface area (Å²) in [4.78, 5) is 17.6. The number of ether oxygens (including phenoxy) is 1. The highest BCUT2D eigenvalue weighted by molar-refractivity contribution is 5.95. The number of benzene rings is 1. The van der Waals surface area contributed by atoms with E-state index in [1.165, 1.54) is 23.1 Å². The monoisotopic (exact) mass is 286 g/mol. The molecule has 4 nitrogen and oxygen atoms in total. The summed E-state index contributed by atoms with van der Waals surface area (Å²) in [6.07, 6.45) is 3.32. The van der Waals surface area contributed by atoms with Crippen LogP contribution in [0.25, 0.3) is 10.9 Å². The van der Waals surface area contributed by atoms with Gasteiger partial charge in [-0.3, -0.25) is 0 Å². The Balaban J connectivity index is 1.97. The molecule has 1 N–H and O–H groups in total. The van der Waals surface area contributed by atoms with E-state index in [2.05, 4.69) is 30.0 Å². The maximum atomic E-state index is 11.8. The molecule has 1 heterocycles. The van der Waals surface area contributed by atoms with E-state index < -0.39 is 0 Å². The third-order valence-corrected chi connectivity index (χ3v) is 4.40. The highest BCUT2D eigenvalue weighted by atomic mass is 16.5. The molecule has 0 amide bonds. The maximum absolute atomic E-state index is 11.8. The highest BCUT2D eigenvalue weighted by Gasteiger charge is 2.24. The van der Waals surface area contributed by atoms with Crippen molar-refractivity contribution < 1.29 is 9.53 Å². The SMILES string of the molecule is CCOC(=O)c1ccc2c3c([nH]c2c1)CCC(N(C)C)C3. The van der Waals surface area contributed by atoms with Crippen molar-refractivity contribution in [3.63, 3.8) is 0 Å². The Morgan fingerprint density at radius 2 is 2.24 bits per heavy atom. The van der Waals surface area contributed by atoms with Crippen LogP contribution in [-0.2, 0) is 17.6 Å².